The molecule has 2 rings (SSSR count). The van der Waals surface area contributed by atoms with Crippen LogP contribution in [0.15, 0.2) is 31.0 Å². The first-order chi connectivity index (χ1) is 6.36. The first kappa shape index (κ1) is 8.04. The average Bonchev–Trinajstić information content (AvgIpc) is 2.72. The van der Waals surface area contributed by atoms with Gasteiger partial charge in [0.15, 0.2) is 0 Å². The Hall–Kier alpha value is -1.58. The second-order valence-corrected chi connectivity index (χ2v) is 3.02. The zero-order valence-electron chi connectivity index (χ0n) is 7.59. The van der Waals surface area contributed by atoms with Crippen LogP contribution in [0.1, 0.15) is 5.69 Å². The molecule has 0 saturated heterocycles. The van der Waals surface area contributed by atoms with E-state index >= 15 is 0 Å². The lowest BCUT2D eigenvalue weighted by atomic mass is 10.3. The van der Waals surface area contributed by atoms with Gasteiger partial charge in [0.05, 0.1) is 0 Å². The maximum Gasteiger partial charge on any atom is 0.137 e. The molecule has 0 unspecified atom stereocenters. The molecule has 0 aromatic carbocycles. The molecule has 0 bridgehead atoms. The maximum absolute atomic E-state index is 4.04. The second-order valence-electron chi connectivity index (χ2n) is 3.02. The molecule has 0 spiro atoms. The standard InChI is InChI=1S/C9H12N4/c1-12-5-2-3-9(12)4-6-13-8-10-7-11-13/h2-3,5,7-8H,4,6H2,1H3. The quantitative estimate of drug-likeness (QED) is 0.695. The van der Waals surface area contributed by atoms with Gasteiger partial charge in [-0.1, -0.05) is 0 Å². The summed E-state index contributed by atoms with van der Waals surface area (Å²) < 4.78 is 3.96. The Morgan fingerprint density at radius 1 is 1.46 bits per heavy atom. The molecule has 2 aromatic heterocycles. The molecule has 68 valence electrons. The monoisotopic (exact) mass is 176 g/mol. The van der Waals surface area contributed by atoms with Crippen LogP contribution in [0.3, 0.4) is 0 Å². The fourth-order valence-electron chi connectivity index (χ4n) is 1.33. The van der Waals surface area contributed by atoms with Gasteiger partial charge in [0, 0.05) is 31.9 Å². The molecule has 0 aliphatic rings. The van der Waals surface area contributed by atoms with Crippen molar-refractivity contribution in [3.63, 3.8) is 0 Å². The van der Waals surface area contributed by atoms with E-state index in [1.807, 2.05) is 4.68 Å². The van der Waals surface area contributed by atoms with Gasteiger partial charge in [0.2, 0.25) is 0 Å². The lowest BCUT2D eigenvalue weighted by Crippen LogP contribution is -2.04. The number of aryl methyl sites for hydroxylation is 3. The van der Waals surface area contributed by atoms with Crippen molar-refractivity contribution in [2.24, 2.45) is 7.05 Å². The summed E-state index contributed by atoms with van der Waals surface area (Å²) in [5.41, 5.74) is 1.32. The number of aromatic nitrogens is 4. The summed E-state index contributed by atoms with van der Waals surface area (Å²) in [4.78, 5) is 3.89. The highest BCUT2D eigenvalue weighted by atomic mass is 15.3. The number of rotatable bonds is 3. The van der Waals surface area contributed by atoms with Crippen molar-refractivity contribution in [2.45, 2.75) is 13.0 Å². The second kappa shape index (κ2) is 3.43. The molecule has 0 fully saturated rings. The van der Waals surface area contributed by atoms with Crippen LogP contribution in [0, 0.1) is 0 Å². The minimum absolute atomic E-state index is 0.887. The van der Waals surface area contributed by atoms with Crippen molar-refractivity contribution in [3.05, 3.63) is 36.7 Å². The molecule has 0 radical (unpaired) electrons. The minimum Gasteiger partial charge on any atom is -0.354 e. The van der Waals surface area contributed by atoms with Crippen LogP contribution in [-0.2, 0) is 20.0 Å². The third-order valence-corrected chi connectivity index (χ3v) is 2.11. The Kier molecular flexibility index (Phi) is 2.12. The van der Waals surface area contributed by atoms with Crippen molar-refractivity contribution >= 4 is 0 Å². The van der Waals surface area contributed by atoms with Crippen molar-refractivity contribution < 1.29 is 0 Å². The summed E-state index contributed by atoms with van der Waals surface area (Å²) in [6.45, 7) is 0.887. The van der Waals surface area contributed by atoms with Crippen LogP contribution < -0.4 is 0 Å². The first-order valence-corrected chi connectivity index (χ1v) is 4.29. The molecule has 0 aliphatic carbocycles. The molecular formula is C9H12N4. The molecule has 2 aromatic rings. The van der Waals surface area contributed by atoms with E-state index in [0.717, 1.165) is 13.0 Å². The van der Waals surface area contributed by atoms with E-state index in [2.05, 4.69) is 40.0 Å². The van der Waals surface area contributed by atoms with Gasteiger partial charge in [-0.05, 0) is 12.1 Å². The summed E-state index contributed by atoms with van der Waals surface area (Å²) in [7, 11) is 2.05. The fraction of sp³-hybridized carbons (Fsp3) is 0.333. The van der Waals surface area contributed by atoms with Crippen molar-refractivity contribution in [2.75, 3.05) is 0 Å². The van der Waals surface area contributed by atoms with Crippen LogP contribution in [-0.4, -0.2) is 19.3 Å². The molecule has 2 heterocycles. The largest absolute Gasteiger partial charge is 0.354 e. The lowest BCUT2D eigenvalue weighted by molar-refractivity contribution is 0.596. The molecular weight excluding hydrogens is 164 g/mol. The van der Waals surface area contributed by atoms with Gasteiger partial charge in [-0.2, -0.15) is 5.10 Å². The van der Waals surface area contributed by atoms with E-state index in [1.165, 1.54) is 5.69 Å². The maximum atomic E-state index is 4.04. The Balaban J connectivity index is 1.97. The summed E-state index contributed by atoms with van der Waals surface area (Å²) in [5.74, 6) is 0. The van der Waals surface area contributed by atoms with Crippen LogP contribution in [0.2, 0.25) is 0 Å². The summed E-state index contributed by atoms with van der Waals surface area (Å²) in [6, 6.07) is 4.17. The van der Waals surface area contributed by atoms with Crippen molar-refractivity contribution in [3.8, 4) is 0 Å². The Morgan fingerprint density at radius 2 is 2.38 bits per heavy atom. The predicted molar refractivity (Wildman–Crippen MR) is 49.1 cm³/mol. The van der Waals surface area contributed by atoms with E-state index in [0.29, 0.717) is 0 Å². The van der Waals surface area contributed by atoms with E-state index in [-0.39, 0.29) is 0 Å². The molecule has 0 saturated carbocycles. The predicted octanol–water partition coefficient (Wildman–Crippen LogP) is 0.859. The lowest BCUT2D eigenvalue weighted by Gasteiger charge is -2.02. The van der Waals surface area contributed by atoms with Gasteiger partial charge in [-0.15, -0.1) is 0 Å². The van der Waals surface area contributed by atoms with Gasteiger partial charge in [-0.3, -0.25) is 4.68 Å². The molecule has 0 aliphatic heterocycles. The topological polar surface area (TPSA) is 35.6 Å². The molecule has 0 atom stereocenters. The van der Waals surface area contributed by atoms with Crippen LogP contribution in [0.25, 0.3) is 0 Å². The van der Waals surface area contributed by atoms with E-state index in [1.54, 1.807) is 12.7 Å². The molecule has 13 heavy (non-hydrogen) atoms. The Morgan fingerprint density at radius 3 is 3.00 bits per heavy atom. The van der Waals surface area contributed by atoms with E-state index < -0.39 is 0 Å². The number of hydrogen-bond acceptors (Lipinski definition) is 2. The molecule has 0 amide bonds. The van der Waals surface area contributed by atoms with Gasteiger partial charge >= 0.3 is 0 Å². The highest BCUT2D eigenvalue weighted by molar-refractivity contribution is 5.06. The molecule has 0 N–H and O–H groups in total. The van der Waals surface area contributed by atoms with Gasteiger partial charge in [-0.25, -0.2) is 4.98 Å². The van der Waals surface area contributed by atoms with Crippen LogP contribution >= 0.6 is 0 Å². The third-order valence-electron chi connectivity index (χ3n) is 2.11. The summed E-state index contributed by atoms with van der Waals surface area (Å²) in [6.07, 6.45) is 6.34. The number of hydrogen-bond donors (Lipinski definition) is 0. The van der Waals surface area contributed by atoms with E-state index in [9.17, 15) is 0 Å². The van der Waals surface area contributed by atoms with Gasteiger partial charge in [0.1, 0.15) is 12.7 Å². The molecule has 4 nitrogen and oxygen atoms in total. The minimum atomic E-state index is 0.887. The average molecular weight is 176 g/mol. The van der Waals surface area contributed by atoms with Crippen LogP contribution in [0.4, 0.5) is 0 Å². The smallest absolute Gasteiger partial charge is 0.137 e. The first-order valence-electron chi connectivity index (χ1n) is 4.29. The van der Waals surface area contributed by atoms with Gasteiger partial charge < -0.3 is 4.57 Å². The third kappa shape index (κ3) is 1.77. The fourth-order valence-corrected chi connectivity index (χ4v) is 1.33. The van der Waals surface area contributed by atoms with Crippen molar-refractivity contribution in [1.29, 1.82) is 0 Å². The Bertz CT molecular complexity index is 361. The zero-order chi connectivity index (χ0) is 9.10. The number of nitrogens with zero attached hydrogens (tertiary/aromatic N) is 4. The summed E-state index contributed by atoms with van der Waals surface area (Å²) in [5, 5.41) is 4.04. The Labute approximate surface area is 76.8 Å². The van der Waals surface area contributed by atoms with Crippen LogP contribution in [0.5, 0.6) is 0 Å². The molecule has 4 heteroatoms. The highest BCUT2D eigenvalue weighted by Crippen LogP contribution is 2.01. The normalized spacial score (nSPS) is 10.5. The van der Waals surface area contributed by atoms with E-state index in [4.69, 9.17) is 0 Å². The summed E-state index contributed by atoms with van der Waals surface area (Å²) >= 11 is 0. The van der Waals surface area contributed by atoms with Gasteiger partial charge in [0.25, 0.3) is 0 Å². The highest BCUT2D eigenvalue weighted by Gasteiger charge is 1.97. The van der Waals surface area contributed by atoms with Crippen molar-refractivity contribution in [1.82, 2.24) is 19.3 Å². The zero-order valence-corrected chi connectivity index (χ0v) is 7.59. The SMILES string of the molecule is Cn1cccc1CCn1cncn1.